The maximum atomic E-state index is 12.8. The van der Waals surface area contributed by atoms with E-state index < -0.39 is 11.7 Å². The lowest BCUT2D eigenvalue weighted by Gasteiger charge is -2.14. The van der Waals surface area contributed by atoms with Gasteiger partial charge in [0.1, 0.15) is 16.6 Å². The molecule has 1 heterocycles. The molecule has 0 aliphatic heterocycles. The molecule has 0 amide bonds. The predicted molar refractivity (Wildman–Crippen MR) is 78.6 cm³/mol. The third kappa shape index (κ3) is 3.77. The minimum absolute atomic E-state index is 0.126. The zero-order chi connectivity index (χ0) is 16.2. The van der Waals surface area contributed by atoms with Gasteiger partial charge >= 0.3 is 6.18 Å². The van der Waals surface area contributed by atoms with E-state index in [2.05, 4.69) is 15.8 Å². The number of nitriles is 1. The van der Waals surface area contributed by atoms with Crippen LogP contribution in [-0.4, -0.2) is 4.98 Å². The number of hydrogen-bond acceptors (Lipinski definition) is 5. The van der Waals surface area contributed by atoms with E-state index in [1.807, 2.05) is 6.07 Å². The fraction of sp³-hybridized carbons (Fsp3) is 0.143. The van der Waals surface area contributed by atoms with E-state index in [4.69, 9.17) is 5.26 Å². The van der Waals surface area contributed by atoms with Crippen LogP contribution in [0.5, 0.6) is 0 Å². The Hall–Kier alpha value is -2.53. The van der Waals surface area contributed by atoms with Crippen LogP contribution in [0.3, 0.4) is 0 Å². The van der Waals surface area contributed by atoms with E-state index in [0.29, 0.717) is 5.01 Å². The summed E-state index contributed by atoms with van der Waals surface area (Å²) < 4.78 is 38.5. The molecule has 0 unspecified atom stereocenters. The Morgan fingerprint density at radius 1 is 1.36 bits per heavy atom. The number of para-hydroxylation sites is 1. The molecule has 22 heavy (non-hydrogen) atoms. The third-order valence-electron chi connectivity index (χ3n) is 2.63. The number of hydrogen-bond donors (Lipinski definition) is 2. The molecule has 0 bridgehead atoms. The highest BCUT2D eigenvalue weighted by atomic mass is 32.1. The smallest absolute Gasteiger partial charge is 0.307 e. The lowest BCUT2D eigenvalue weighted by Crippen LogP contribution is -2.19. The lowest BCUT2D eigenvalue weighted by atomic mass is 10.2. The summed E-state index contributed by atoms with van der Waals surface area (Å²) in [6, 6.07) is 7.01. The first-order chi connectivity index (χ1) is 10.4. The van der Waals surface area contributed by atoms with Crippen LogP contribution in [0.25, 0.3) is 5.57 Å². The van der Waals surface area contributed by atoms with Crippen LogP contribution in [0.15, 0.2) is 35.8 Å². The maximum absolute atomic E-state index is 12.8. The van der Waals surface area contributed by atoms with Crippen LogP contribution in [0.2, 0.25) is 0 Å². The van der Waals surface area contributed by atoms with Crippen molar-refractivity contribution in [2.75, 3.05) is 5.43 Å². The molecule has 4 nitrogen and oxygen atoms in total. The molecule has 0 radical (unpaired) electrons. The van der Waals surface area contributed by atoms with Crippen molar-refractivity contribution >= 4 is 22.6 Å². The number of halogens is 3. The first-order valence-corrected chi connectivity index (χ1v) is 7.00. The second kappa shape index (κ2) is 6.49. The van der Waals surface area contributed by atoms with Crippen LogP contribution < -0.4 is 10.9 Å². The van der Waals surface area contributed by atoms with Gasteiger partial charge in [0, 0.05) is 17.3 Å². The van der Waals surface area contributed by atoms with Crippen molar-refractivity contribution in [1.82, 2.24) is 10.4 Å². The van der Waals surface area contributed by atoms with E-state index in [-0.39, 0.29) is 11.3 Å². The lowest BCUT2D eigenvalue weighted by molar-refractivity contribution is -0.137. The van der Waals surface area contributed by atoms with E-state index in [9.17, 15) is 13.2 Å². The highest BCUT2D eigenvalue weighted by molar-refractivity contribution is 7.10. The summed E-state index contributed by atoms with van der Waals surface area (Å²) in [6.07, 6.45) is -3.18. The van der Waals surface area contributed by atoms with Crippen molar-refractivity contribution in [2.24, 2.45) is 0 Å². The highest BCUT2D eigenvalue weighted by Gasteiger charge is 2.33. The Bertz CT molecular complexity index is 728. The SMILES string of the molecule is Cc1csc(/C(C#N)=C/NNc2ccccc2C(F)(F)F)n1. The van der Waals surface area contributed by atoms with Crippen LogP contribution in [0.4, 0.5) is 18.9 Å². The average molecular weight is 324 g/mol. The van der Waals surface area contributed by atoms with Crippen molar-refractivity contribution in [3.8, 4) is 6.07 Å². The Morgan fingerprint density at radius 2 is 2.09 bits per heavy atom. The normalized spacial score (nSPS) is 11.9. The molecule has 2 aromatic rings. The molecule has 0 aliphatic rings. The number of aromatic nitrogens is 1. The maximum Gasteiger partial charge on any atom is 0.418 e. The topological polar surface area (TPSA) is 60.7 Å². The second-order valence-electron chi connectivity index (χ2n) is 4.28. The van der Waals surface area contributed by atoms with E-state index in [1.165, 1.54) is 35.7 Å². The molecule has 8 heteroatoms. The number of allylic oxidation sites excluding steroid dienone is 1. The molecule has 114 valence electrons. The Morgan fingerprint density at radius 3 is 2.68 bits per heavy atom. The first-order valence-electron chi connectivity index (χ1n) is 6.12. The molecule has 2 N–H and O–H groups in total. The first kappa shape index (κ1) is 15.9. The van der Waals surface area contributed by atoms with Gasteiger partial charge in [-0.1, -0.05) is 12.1 Å². The monoisotopic (exact) mass is 324 g/mol. The Balaban J connectivity index is 2.14. The standard InChI is InChI=1S/C14H11F3N4S/c1-9-8-22-13(20-9)10(6-18)7-19-21-12-5-3-2-4-11(12)14(15,16)17/h2-5,7-8,19,21H,1H3/b10-7+. The number of aryl methyl sites for hydroxylation is 1. The van der Waals surface area contributed by atoms with Gasteiger partial charge in [-0.25, -0.2) is 4.98 Å². The fourth-order valence-corrected chi connectivity index (χ4v) is 2.41. The molecule has 2 rings (SSSR count). The van der Waals surface area contributed by atoms with Crippen molar-refractivity contribution < 1.29 is 13.2 Å². The van der Waals surface area contributed by atoms with Crippen LogP contribution >= 0.6 is 11.3 Å². The highest BCUT2D eigenvalue weighted by Crippen LogP contribution is 2.34. The van der Waals surface area contributed by atoms with Gasteiger partial charge in [0.2, 0.25) is 0 Å². The summed E-state index contributed by atoms with van der Waals surface area (Å²) in [4.78, 5) is 4.14. The minimum atomic E-state index is -4.46. The molecule has 1 aromatic heterocycles. The zero-order valence-electron chi connectivity index (χ0n) is 11.4. The van der Waals surface area contributed by atoms with Gasteiger partial charge in [-0.15, -0.1) is 11.3 Å². The van der Waals surface area contributed by atoms with Gasteiger partial charge in [-0.3, -0.25) is 0 Å². The molecule has 0 atom stereocenters. The molecule has 0 saturated heterocycles. The number of benzene rings is 1. The zero-order valence-corrected chi connectivity index (χ0v) is 12.2. The van der Waals surface area contributed by atoms with Crippen molar-refractivity contribution in [3.63, 3.8) is 0 Å². The molecule has 0 fully saturated rings. The van der Waals surface area contributed by atoms with E-state index in [1.54, 1.807) is 12.3 Å². The van der Waals surface area contributed by atoms with Crippen LogP contribution in [-0.2, 0) is 6.18 Å². The van der Waals surface area contributed by atoms with Gasteiger partial charge in [0.05, 0.1) is 11.3 Å². The molecular weight excluding hydrogens is 313 g/mol. The van der Waals surface area contributed by atoms with Gasteiger partial charge in [-0.05, 0) is 19.1 Å². The number of anilines is 1. The minimum Gasteiger partial charge on any atom is -0.307 e. The quantitative estimate of drug-likeness (QED) is 0.660. The van der Waals surface area contributed by atoms with Crippen molar-refractivity contribution in [3.05, 3.63) is 52.1 Å². The van der Waals surface area contributed by atoms with E-state index >= 15 is 0 Å². The number of thiazole rings is 1. The summed E-state index contributed by atoms with van der Waals surface area (Å²) >= 11 is 1.29. The molecule has 1 aromatic carbocycles. The van der Waals surface area contributed by atoms with E-state index in [0.717, 1.165) is 11.8 Å². The van der Waals surface area contributed by atoms with Crippen LogP contribution in [0.1, 0.15) is 16.3 Å². The van der Waals surface area contributed by atoms with Crippen molar-refractivity contribution in [2.45, 2.75) is 13.1 Å². The molecular formula is C14H11F3N4S. The molecule has 0 aliphatic carbocycles. The Labute approximate surface area is 128 Å². The van der Waals surface area contributed by atoms with Gasteiger partial charge in [-0.2, -0.15) is 18.4 Å². The fourth-order valence-electron chi connectivity index (χ4n) is 1.64. The average Bonchev–Trinajstić information content (AvgIpc) is 2.89. The third-order valence-corrected chi connectivity index (χ3v) is 3.62. The van der Waals surface area contributed by atoms with Crippen molar-refractivity contribution in [1.29, 1.82) is 5.26 Å². The van der Waals surface area contributed by atoms with Crippen LogP contribution in [0, 0.1) is 18.3 Å². The summed E-state index contributed by atoms with van der Waals surface area (Å²) in [5.41, 5.74) is 5.03. The second-order valence-corrected chi connectivity index (χ2v) is 5.13. The predicted octanol–water partition coefficient (Wildman–Crippen LogP) is 3.95. The van der Waals surface area contributed by atoms with Gasteiger partial charge < -0.3 is 10.9 Å². The van der Waals surface area contributed by atoms with Gasteiger partial charge in [0.25, 0.3) is 0 Å². The number of nitrogens with zero attached hydrogens (tertiary/aromatic N) is 2. The number of nitrogens with one attached hydrogen (secondary N) is 2. The van der Waals surface area contributed by atoms with Gasteiger partial charge in [0.15, 0.2) is 0 Å². The molecule has 0 spiro atoms. The summed E-state index contributed by atoms with van der Waals surface area (Å²) in [5, 5.41) is 11.4. The Kier molecular flexibility index (Phi) is 4.68. The summed E-state index contributed by atoms with van der Waals surface area (Å²) in [5.74, 6) is 0. The summed E-state index contributed by atoms with van der Waals surface area (Å²) in [7, 11) is 0. The molecule has 0 saturated carbocycles. The number of hydrazine groups is 1. The number of alkyl halides is 3. The largest absolute Gasteiger partial charge is 0.418 e. The number of rotatable bonds is 4. The summed E-state index contributed by atoms with van der Waals surface area (Å²) in [6.45, 7) is 1.79.